The Morgan fingerprint density at radius 3 is 2.44 bits per heavy atom. The van der Waals surface area contributed by atoms with Gasteiger partial charge in [0, 0.05) is 26.2 Å². The fourth-order valence-corrected chi connectivity index (χ4v) is 2.38. The van der Waals surface area contributed by atoms with Crippen molar-refractivity contribution in [1.29, 1.82) is 0 Å². The van der Waals surface area contributed by atoms with Gasteiger partial charge in [0.15, 0.2) is 11.6 Å². The van der Waals surface area contributed by atoms with E-state index >= 15 is 0 Å². The summed E-state index contributed by atoms with van der Waals surface area (Å²) in [7, 11) is 3.21. The van der Waals surface area contributed by atoms with Crippen LogP contribution < -0.4 is 5.32 Å². The van der Waals surface area contributed by atoms with Crippen LogP contribution in [0.1, 0.15) is 22.3 Å². The van der Waals surface area contributed by atoms with E-state index in [1.807, 2.05) is 0 Å². The molecule has 132 valence electrons. The molecular formula is C18H17ClF2N2O2. The highest BCUT2D eigenvalue weighted by molar-refractivity contribution is 6.34. The summed E-state index contributed by atoms with van der Waals surface area (Å²) in [4.78, 5) is 25.5. The first-order chi connectivity index (χ1) is 11.8. The maximum absolute atomic E-state index is 13.1. The number of nitrogens with one attached hydrogen (secondary N) is 1. The first kappa shape index (κ1) is 18.9. The van der Waals surface area contributed by atoms with E-state index in [0.29, 0.717) is 16.3 Å². The molecule has 0 fully saturated rings. The number of rotatable bonds is 5. The Morgan fingerprint density at radius 1 is 1.08 bits per heavy atom. The van der Waals surface area contributed by atoms with Crippen molar-refractivity contribution in [2.45, 2.75) is 12.8 Å². The number of halogens is 3. The van der Waals surface area contributed by atoms with Gasteiger partial charge in [0.25, 0.3) is 5.91 Å². The Hall–Kier alpha value is -2.47. The van der Waals surface area contributed by atoms with Crippen LogP contribution in [0, 0.1) is 11.6 Å². The van der Waals surface area contributed by atoms with Gasteiger partial charge in [0.1, 0.15) is 0 Å². The van der Waals surface area contributed by atoms with Crippen molar-refractivity contribution in [2.24, 2.45) is 0 Å². The Morgan fingerprint density at radius 2 is 1.80 bits per heavy atom. The van der Waals surface area contributed by atoms with E-state index in [0.717, 1.165) is 12.1 Å². The number of hydrogen-bond donors (Lipinski definition) is 1. The molecule has 0 aliphatic heterocycles. The lowest BCUT2D eigenvalue weighted by atomic mass is 10.1. The Kier molecular flexibility index (Phi) is 6.09. The van der Waals surface area contributed by atoms with Gasteiger partial charge in [-0.3, -0.25) is 9.59 Å². The van der Waals surface area contributed by atoms with Crippen LogP contribution in [0.4, 0.5) is 14.5 Å². The maximum Gasteiger partial charge on any atom is 0.254 e. The smallest absolute Gasteiger partial charge is 0.254 e. The molecule has 1 N–H and O–H groups in total. The molecule has 0 unspecified atom stereocenters. The highest BCUT2D eigenvalue weighted by atomic mass is 35.5. The van der Waals surface area contributed by atoms with Crippen LogP contribution in [-0.4, -0.2) is 30.8 Å². The van der Waals surface area contributed by atoms with Crippen molar-refractivity contribution in [1.82, 2.24) is 4.90 Å². The zero-order valence-electron chi connectivity index (χ0n) is 13.8. The van der Waals surface area contributed by atoms with Crippen molar-refractivity contribution in [3.63, 3.8) is 0 Å². The van der Waals surface area contributed by atoms with Crippen LogP contribution in [0.25, 0.3) is 0 Å². The molecule has 0 spiro atoms. The first-order valence-corrected chi connectivity index (χ1v) is 7.90. The Balaban J connectivity index is 2.01. The molecular weight excluding hydrogens is 350 g/mol. The predicted molar refractivity (Wildman–Crippen MR) is 92.8 cm³/mol. The molecule has 4 nitrogen and oxygen atoms in total. The third-order valence-corrected chi connectivity index (χ3v) is 3.84. The van der Waals surface area contributed by atoms with Crippen molar-refractivity contribution in [3.8, 4) is 0 Å². The molecule has 0 aliphatic rings. The van der Waals surface area contributed by atoms with Crippen molar-refractivity contribution in [3.05, 3.63) is 64.2 Å². The predicted octanol–water partition coefficient (Wildman–Crippen LogP) is 3.89. The van der Waals surface area contributed by atoms with Gasteiger partial charge in [-0.05, 0) is 42.3 Å². The fraction of sp³-hybridized carbons (Fsp3) is 0.222. The summed E-state index contributed by atoms with van der Waals surface area (Å²) in [5, 5.41) is 2.95. The molecule has 2 rings (SSSR count). The van der Waals surface area contributed by atoms with E-state index in [1.54, 1.807) is 20.2 Å². The lowest BCUT2D eigenvalue weighted by Crippen LogP contribution is -2.22. The highest BCUT2D eigenvalue weighted by Gasteiger charge is 2.14. The molecule has 0 aliphatic carbocycles. The minimum absolute atomic E-state index is 0.0880. The van der Waals surface area contributed by atoms with E-state index < -0.39 is 11.6 Å². The molecule has 0 saturated carbocycles. The summed E-state index contributed by atoms with van der Waals surface area (Å²) in [6, 6.07) is 8.15. The number of hydrogen-bond acceptors (Lipinski definition) is 2. The van der Waals surface area contributed by atoms with Crippen molar-refractivity contribution < 1.29 is 18.4 Å². The summed E-state index contributed by atoms with van der Waals surface area (Å²) < 4.78 is 26.0. The van der Waals surface area contributed by atoms with E-state index in [1.165, 1.54) is 23.1 Å². The second-order valence-corrected chi connectivity index (χ2v) is 6.10. The zero-order valence-corrected chi connectivity index (χ0v) is 14.5. The molecule has 7 heteroatoms. The number of nitrogens with zero attached hydrogens (tertiary/aromatic N) is 1. The summed E-state index contributed by atoms with van der Waals surface area (Å²) in [5.41, 5.74) is 1.24. The third kappa shape index (κ3) is 5.00. The lowest BCUT2D eigenvalue weighted by molar-refractivity contribution is -0.116. The van der Waals surface area contributed by atoms with Crippen LogP contribution in [0.2, 0.25) is 5.02 Å². The molecule has 0 saturated heterocycles. The molecule has 0 bridgehead atoms. The molecule has 0 atom stereocenters. The number of amides is 2. The van der Waals surface area contributed by atoms with Crippen molar-refractivity contribution in [2.75, 3.05) is 19.4 Å². The van der Waals surface area contributed by atoms with Gasteiger partial charge >= 0.3 is 0 Å². The van der Waals surface area contributed by atoms with Gasteiger partial charge in [0.2, 0.25) is 5.91 Å². The van der Waals surface area contributed by atoms with E-state index in [4.69, 9.17) is 11.6 Å². The minimum Gasteiger partial charge on any atom is -0.345 e. The fourth-order valence-electron chi connectivity index (χ4n) is 2.18. The van der Waals surface area contributed by atoms with Gasteiger partial charge in [-0.1, -0.05) is 17.7 Å². The minimum atomic E-state index is -0.942. The second kappa shape index (κ2) is 8.07. The van der Waals surface area contributed by atoms with Crippen molar-refractivity contribution >= 4 is 29.1 Å². The Labute approximate surface area is 149 Å². The molecule has 2 aromatic rings. The van der Waals surface area contributed by atoms with Gasteiger partial charge in [-0.2, -0.15) is 0 Å². The monoisotopic (exact) mass is 366 g/mol. The van der Waals surface area contributed by atoms with Crippen LogP contribution in [-0.2, 0) is 11.2 Å². The lowest BCUT2D eigenvalue weighted by Gasteiger charge is -2.13. The number of aryl methyl sites for hydroxylation is 1. The van der Waals surface area contributed by atoms with E-state index in [9.17, 15) is 18.4 Å². The molecule has 0 heterocycles. The third-order valence-electron chi connectivity index (χ3n) is 3.51. The van der Waals surface area contributed by atoms with Gasteiger partial charge in [-0.15, -0.1) is 0 Å². The molecule has 0 radical (unpaired) electrons. The van der Waals surface area contributed by atoms with E-state index in [-0.39, 0.29) is 30.2 Å². The molecule has 0 aromatic heterocycles. The highest BCUT2D eigenvalue weighted by Crippen LogP contribution is 2.22. The zero-order chi connectivity index (χ0) is 18.6. The summed E-state index contributed by atoms with van der Waals surface area (Å²) in [6.45, 7) is 0. The van der Waals surface area contributed by atoms with Crippen LogP contribution in [0.15, 0.2) is 36.4 Å². The number of carbonyl (C=O) groups is 2. The summed E-state index contributed by atoms with van der Waals surface area (Å²) in [5.74, 6) is -2.45. The molecule has 2 aromatic carbocycles. The van der Waals surface area contributed by atoms with Gasteiger partial charge < -0.3 is 10.2 Å². The van der Waals surface area contributed by atoms with Gasteiger partial charge in [-0.25, -0.2) is 8.78 Å². The topological polar surface area (TPSA) is 49.4 Å². The van der Waals surface area contributed by atoms with Crippen LogP contribution in [0.5, 0.6) is 0 Å². The second-order valence-electron chi connectivity index (χ2n) is 5.69. The van der Waals surface area contributed by atoms with Crippen LogP contribution >= 0.6 is 11.6 Å². The molecule has 25 heavy (non-hydrogen) atoms. The number of benzene rings is 2. The van der Waals surface area contributed by atoms with Gasteiger partial charge in [0.05, 0.1) is 10.6 Å². The number of anilines is 1. The number of carbonyl (C=O) groups excluding carboxylic acids is 2. The largest absolute Gasteiger partial charge is 0.345 e. The Bertz CT molecular complexity index is 810. The van der Waals surface area contributed by atoms with Crippen LogP contribution in [0.3, 0.4) is 0 Å². The maximum atomic E-state index is 13.1. The summed E-state index contributed by atoms with van der Waals surface area (Å²) in [6.07, 6.45) is 0.352. The SMILES string of the molecule is CN(C)C(=O)c1cc(NC(=O)CCc2ccc(F)c(F)c2)ccc1Cl. The normalized spacial score (nSPS) is 10.4. The molecule has 2 amide bonds. The summed E-state index contributed by atoms with van der Waals surface area (Å²) >= 11 is 6.01. The first-order valence-electron chi connectivity index (χ1n) is 7.53. The average molecular weight is 367 g/mol. The van der Waals surface area contributed by atoms with E-state index in [2.05, 4.69) is 5.32 Å². The average Bonchev–Trinajstić information content (AvgIpc) is 2.57. The quantitative estimate of drug-likeness (QED) is 0.872. The standard InChI is InChI=1S/C18H17ClF2N2O2/c1-23(2)18(25)13-10-12(5-6-14(13)19)22-17(24)8-4-11-3-7-15(20)16(21)9-11/h3,5-7,9-10H,4,8H2,1-2H3,(H,22,24).